The first-order chi connectivity index (χ1) is 17.7. The highest BCUT2D eigenvalue weighted by molar-refractivity contribution is 7.80. The number of thiazole rings is 1. The molecule has 3 heterocycles. The number of fused-ring (bicyclic) bond motifs is 2. The molecule has 0 saturated heterocycles. The van der Waals surface area contributed by atoms with Crippen molar-refractivity contribution in [2.24, 2.45) is 7.05 Å². The Morgan fingerprint density at radius 1 is 0.972 bits per heavy atom. The van der Waals surface area contributed by atoms with Crippen molar-refractivity contribution in [2.45, 2.75) is 13.0 Å². The molecule has 1 aliphatic rings. The van der Waals surface area contributed by atoms with E-state index < -0.39 is 0 Å². The molecule has 0 aliphatic carbocycles. The molecule has 0 amide bonds. The average molecular weight is 508 g/mol. The average Bonchev–Trinajstić information content (AvgIpc) is 3.50. The van der Waals surface area contributed by atoms with Gasteiger partial charge in [-0.25, -0.2) is 4.98 Å². The molecule has 1 aliphatic heterocycles. The lowest BCUT2D eigenvalue weighted by atomic mass is 9.96. The lowest BCUT2D eigenvalue weighted by Crippen LogP contribution is -2.35. The van der Waals surface area contributed by atoms with E-state index in [9.17, 15) is 0 Å². The minimum atomic E-state index is 0.866. The third-order valence-electron chi connectivity index (χ3n) is 6.51. The summed E-state index contributed by atoms with van der Waals surface area (Å²) in [5.74, 6) is 1.80. The first kappa shape index (κ1) is 22.8. The molecule has 0 N–H and O–H groups in total. The van der Waals surface area contributed by atoms with Gasteiger partial charge >= 0.3 is 0 Å². The van der Waals surface area contributed by atoms with E-state index in [1.165, 1.54) is 26.4 Å². The summed E-state index contributed by atoms with van der Waals surface area (Å²) in [6, 6.07) is 27.8. The van der Waals surface area contributed by atoms with Crippen LogP contribution in [0, 0.1) is 0 Å². The molecule has 6 rings (SSSR count). The Balaban J connectivity index is 1.59. The highest BCUT2D eigenvalue weighted by Gasteiger charge is 2.28. The molecule has 0 radical (unpaired) electrons. The van der Waals surface area contributed by atoms with E-state index in [-0.39, 0.29) is 0 Å². The van der Waals surface area contributed by atoms with Crippen LogP contribution in [0.1, 0.15) is 22.8 Å². The van der Waals surface area contributed by atoms with Crippen molar-refractivity contribution < 1.29 is 4.57 Å². The van der Waals surface area contributed by atoms with Crippen molar-refractivity contribution in [2.75, 3.05) is 10.7 Å². The van der Waals surface area contributed by atoms with Gasteiger partial charge < -0.3 is 9.47 Å². The number of hydrogen-bond donors (Lipinski definition) is 1. The van der Waals surface area contributed by atoms with Crippen LogP contribution in [-0.2, 0) is 13.6 Å². The quantitative estimate of drug-likeness (QED) is 0.198. The normalized spacial score (nSPS) is 14.3. The molecule has 3 aromatic carbocycles. The maximum absolute atomic E-state index is 4.74. The van der Waals surface area contributed by atoms with E-state index in [0.717, 1.165) is 41.6 Å². The van der Waals surface area contributed by atoms with Gasteiger partial charge in [0.15, 0.2) is 12.4 Å². The fourth-order valence-electron chi connectivity index (χ4n) is 4.84. The van der Waals surface area contributed by atoms with Gasteiger partial charge in [0.25, 0.3) is 5.01 Å². The second-order valence-corrected chi connectivity index (χ2v) is 10.3. The molecular formula is C30H27N4S2+. The Hall–Kier alpha value is -3.61. The van der Waals surface area contributed by atoms with Crippen molar-refractivity contribution in [1.82, 2.24) is 9.55 Å². The second-order valence-electron chi connectivity index (χ2n) is 8.82. The van der Waals surface area contributed by atoms with Gasteiger partial charge in [-0.3, -0.25) is 0 Å². The maximum atomic E-state index is 4.74. The van der Waals surface area contributed by atoms with E-state index in [1.807, 2.05) is 30.8 Å². The van der Waals surface area contributed by atoms with Crippen LogP contribution in [0.3, 0.4) is 0 Å². The van der Waals surface area contributed by atoms with E-state index >= 15 is 0 Å². The molecule has 2 aromatic heterocycles. The zero-order valence-corrected chi connectivity index (χ0v) is 21.8. The Morgan fingerprint density at radius 2 is 1.75 bits per heavy atom. The Kier molecular flexibility index (Phi) is 6.21. The summed E-state index contributed by atoms with van der Waals surface area (Å²) in [7, 11) is 2.05. The first-order valence-corrected chi connectivity index (χ1v) is 13.6. The fraction of sp³-hybridized carbons (Fsp3) is 0.133. The minimum Gasteiger partial charge on any atom is -0.333 e. The Morgan fingerprint density at radius 3 is 2.56 bits per heavy atom. The molecule has 0 unspecified atom stereocenters. The van der Waals surface area contributed by atoms with Crippen molar-refractivity contribution in [3.8, 4) is 0 Å². The minimum absolute atomic E-state index is 0.866. The molecule has 0 saturated carbocycles. The Bertz CT molecular complexity index is 1590. The van der Waals surface area contributed by atoms with E-state index in [2.05, 4.69) is 118 Å². The van der Waals surface area contributed by atoms with Gasteiger partial charge in [0.2, 0.25) is 5.52 Å². The number of thiol groups is 1. The van der Waals surface area contributed by atoms with Crippen LogP contribution in [-0.4, -0.2) is 15.3 Å². The van der Waals surface area contributed by atoms with Crippen LogP contribution < -0.4 is 9.47 Å². The van der Waals surface area contributed by atoms with Gasteiger partial charge in [0, 0.05) is 49.3 Å². The van der Waals surface area contributed by atoms with Crippen molar-refractivity contribution in [3.05, 3.63) is 114 Å². The molecule has 0 bridgehead atoms. The van der Waals surface area contributed by atoms with Crippen LogP contribution in [0.15, 0.2) is 97.3 Å². The molecule has 5 aromatic rings. The topological polar surface area (TPSA) is 24.9 Å². The van der Waals surface area contributed by atoms with Gasteiger partial charge in [-0.1, -0.05) is 59.9 Å². The smallest absolute Gasteiger partial charge is 0.263 e. The van der Waals surface area contributed by atoms with Crippen LogP contribution in [0.5, 0.6) is 0 Å². The molecule has 0 atom stereocenters. The molecule has 0 fully saturated rings. The predicted octanol–water partition coefficient (Wildman–Crippen LogP) is 6.98. The third kappa shape index (κ3) is 4.06. The number of allylic oxidation sites excluding steroid dienone is 2. The lowest BCUT2D eigenvalue weighted by Gasteiger charge is -2.33. The number of hydrogen-bond acceptors (Lipinski definition) is 4. The van der Waals surface area contributed by atoms with Gasteiger partial charge in [-0.15, -0.1) is 0 Å². The Labute approximate surface area is 220 Å². The molecule has 36 heavy (non-hydrogen) atoms. The van der Waals surface area contributed by atoms with Crippen LogP contribution in [0.2, 0.25) is 0 Å². The molecular weight excluding hydrogens is 480 g/mol. The number of imidazole rings is 1. The SMILES string of the molecule is Cn1ccnc1C1=C/C(=C\c2sc3ccccc3[n+]2CCCS)c2ccccc2N1c1ccccc1. The number of rotatable bonds is 6. The number of aromatic nitrogens is 3. The molecule has 4 nitrogen and oxygen atoms in total. The monoisotopic (exact) mass is 507 g/mol. The standard InChI is InChI=1S/C30H26N4S2/c1-32-18-16-31-30(32)27-20-22(21-29-33(17-9-19-35)26-14-7-8-15-28(26)36-29)24-12-5-6-13-25(24)34(27)23-10-3-2-4-11-23/h2-8,10-16,18,20-21H,9,17,19H2,1H3/p+1. The van der Waals surface area contributed by atoms with Crippen LogP contribution in [0.4, 0.5) is 11.4 Å². The summed E-state index contributed by atoms with van der Waals surface area (Å²) in [5.41, 5.74) is 6.99. The van der Waals surface area contributed by atoms with Gasteiger partial charge in [0.05, 0.1) is 11.4 Å². The van der Waals surface area contributed by atoms with Gasteiger partial charge in [0.1, 0.15) is 4.70 Å². The predicted molar refractivity (Wildman–Crippen MR) is 155 cm³/mol. The summed E-state index contributed by atoms with van der Waals surface area (Å²) in [6.45, 7) is 0.945. The van der Waals surface area contributed by atoms with Crippen molar-refractivity contribution in [1.29, 1.82) is 0 Å². The largest absolute Gasteiger partial charge is 0.333 e. The van der Waals surface area contributed by atoms with Crippen LogP contribution in [0.25, 0.3) is 27.6 Å². The fourth-order valence-corrected chi connectivity index (χ4v) is 6.12. The maximum Gasteiger partial charge on any atom is 0.263 e. The van der Waals surface area contributed by atoms with E-state index in [0.29, 0.717) is 0 Å². The van der Waals surface area contributed by atoms with E-state index in [1.54, 1.807) is 0 Å². The summed E-state index contributed by atoms with van der Waals surface area (Å²) in [4.78, 5) is 7.05. The van der Waals surface area contributed by atoms with Gasteiger partial charge in [-0.05, 0) is 41.7 Å². The van der Waals surface area contributed by atoms with Gasteiger partial charge in [-0.2, -0.15) is 17.2 Å². The third-order valence-corrected chi connectivity index (χ3v) is 7.94. The number of benzene rings is 3. The zero-order chi connectivity index (χ0) is 24.5. The lowest BCUT2D eigenvalue weighted by molar-refractivity contribution is -0.668. The zero-order valence-electron chi connectivity index (χ0n) is 20.1. The first-order valence-electron chi connectivity index (χ1n) is 12.1. The van der Waals surface area contributed by atoms with Crippen molar-refractivity contribution >= 4 is 62.9 Å². The number of nitrogens with zero attached hydrogens (tertiary/aromatic N) is 4. The molecule has 6 heteroatoms. The van der Waals surface area contributed by atoms with Crippen LogP contribution >= 0.6 is 24.0 Å². The molecule has 0 spiro atoms. The molecule has 178 valence electrons. The highest BCUT2D eigenvalue weighted by atomic mass is 32.1. The number of para-hydroxylation sites is 3. The van der Waals surface area contributed by atoms with Crippen molar-refractivity contribution in [3.63, 3.8) is 0 Å². The number of aryl methyl sites for hydroxylation is 2. The number of anilines is 2. The summed E-state index contributed by atoms with van der Waals surface area (Å²) < 4.78 is 5.82. The highest BCUT2D eigenvalue weighted by Crippen LogP contribution is 2.44. The summed E-state index contributed by atoms with van der Waals surface area (Å²) in [5, 5.41) is 1.24. The van der Waals surface area contributed by atoms with E-state index in [4.69, 9.17) is 4.98 Å². The summed E-state index contributed by atoms with van der Waals surface area (Å²) >= 11 is 6.32. The summed E-state index contributed by atoms with van der Waals surface area (Å²) in [6.07, 6.45) is 9.51. The second kappa shape index (κ2) is 9.80.